The fourth-order valence-corrected chi connectivity index (χ4v) is 2.65. The molecule has 0 radical (unpaired) electrons. The summed E-state index contributed by atoms with van der Waals surface area (Å²) in [5, 5.41) is 6.76. The Labute approximate surface area is 163 Å². The normalized spacial score (nSPS) is 11.7. The molecular formula is C21H23N3O4. The lowest BCUT2D eigenvalue weighted by molar-refractivity contribution is -0.128. The highest BCUT2D eigenvalue weighted by Crippen LogP contribution is 2.19. The van der Waals surface area contributed by atoms with Gasteiger partial charge in [0, 0.05) is 5.56 Å². The SMILES string of the molecule is CCC(Oc1ccc(OC)cc1)C(=O)NCc1nc(-c2cccc(C)c2)no1. The van der Waals surface area contributed by atoms with E-state index in [1.165, 1.54) is 0 Å². The average Bonchev–Trinajstić information content (AvgIpc) is 3.20. The Morgan fingerprint density at radius 3 is 2.61 bits per heavy atom. The van der Waals surface area contributed by atoms with Gasteiger partial charge in [-0.3, -0.25) is 4.79 Å². The molecule has 0 saturated carbocycles. The van der Waals surface area contributed by atoms with E-state index in [0.29, 0.717) is 23.9 Å². The number of amides is 1. The lowest BCUT2D eigenvalue weighted by atomic mass is 10.1. The van der Waals surface area contributed by atoms with Crippen LogP contribution in [0.2, 0.25) is 0 Å². The monoisotopic (exact) mass is 381 g/mol. The Bertz CT molecular complexity index is 921. The van der Waals surface area contributed by atoms with Crippen molar-refractivity contribution in [2.75, 3.05) is 7.11 Å². The van der Waals surface area contributed by atoms with Crippen molar-refractivity contribution in [1.82, 2.24) is 15.5 Å². The fourth-order valence-electron chi connectivity index (χ4n) is 2.65. The molecule has 0 aliphatic carbocycles. The first kappa shape index (κ1) is 19.4. The molecule has 0 spiro atoms. The maximum atomic E-state index is 12.4. The molecule has 1 aromatic heterocycles. The summed E-state index contributed by atoms with van der Waals surface area (Å²) in [5.41, 5.74) is 1.98. The molecule has 2 aromatic carbocycles. The fraction of sp³-hybridized carbons (Fsp3) is 0.286. The summed E-state index contributed by atoms with van der Waals surface area (Å²) in [6.45, 7) is 4.02. The maximum absolute atomic E-state index is 12.4. The molecule has 1 heterocycles. The van der Waals surface area contributed by atoms with Gasteiger partial charge in [0.2, 0.25) is 11.7 Å². The van der Waals surface area contributed by atoms with Gasteiger partial charge < -0.3 is 19.3 Å². The number of methoxy groups -OCH3 is 1. The van der Waals surface area contributed by atoms with E-state index in [1.54, 1.807) is 31.4 Å². The summed E-state index contributed by atoms with van der Waals surface area (Å²) >= 11 is 0. The van der Waals surface area contributed by atoms with Crippen LogP contribution in [-0.4, -0.2) is 29.3 Å². The number of carbonyl (C=O) groups is 1. The van der Waals surface area contributed by atoms with Gasteiger partial charge in [-0.1, -0.05) is 35.8 Å². The average molecular weight is 381 g/mol. The minimum atomic E-state index is -0.618. The lowest BCUT2D eigenvalue weighted by Gasteiger charge is -2.16. The van der Waals surface area contributed by atoms with Crippen molar-refractivity contribution < 1.29 is 18.8 Å². The molecule has 0 aliphatic rings. The summed E-state index contributed by atoms with van der Waals surface area (Å²) in [4.78, 5) is 16.8. The number of benzene rings is 2. The second-order valence-corrected chi connectivity index (χ2v) is 6.29. The number of hydrogen-bond donors (Lipinski definition) is 1. The number of rotatable bonds is 8. The van der Waals surface area contributed by atoms with Gasteiger partial charge in [0.1, 0.15) is 11.5 Å². The van der Waals surface area contributed by atoms with Crippen LogP contribution in [0.1, 0.15) is 24.8 Å². The zero-order valence-corrected chi connectivity index (χ0v) is 16.1. The number of nitrogens with one attached hydrogen (secondary N) is 1. The van der Waals surface area contributed by atoms with Gasteiger partial charge >= 0.3 is 0 Å². The molecule has 7 nitrogen and oxygen atoms in total. The third-order valence-electron chi connectivity index (χ3n) is 4.16. The first-order valence-electron chi connectivity index (χ1n) is 9.07. The third-order valence-corrected chi connectivity index (χ3v) is 4.16. The minimum absolute atomic E-state index is 0.139. The number of ether oxygens (including phenoxy) is 2. The van der Waals surface area contributed by atoms with Crippen molar-refractivity contribution in [3.63, 3.8) is 0 Å². The van der Waals surface area contributed by atoms with E-state index in [4.69, 9.17) is 14.0 Å². The predicted octanol–water partition coefficient (Wildman–Crippen LogP) is 3.53. The predicted molar refractivity (Wildman–Crippen MR) is 104 cm³/mol. The molecule has 7 heteroatoms. The van der Waals surface area contributed by atoms with Gasteiger partial charge in [0.05, 0.1) is 13.7 Å². The van der Waals surface area contributed by atoms with Crippen molar-refractivity contribution in [3.8, 4) is 22.9 Å². The first-order chi connectivity index (χ1) is 13.6. The lowest BCUT2D eigenvalue weighted by Crippen LogP contribution is -2.37. The van der Waals surface area contributed by atoms with E-state index in [2.05, 4.69) is 15.5 Å². The molecule has 1 unspecified atom stereocenters. The van der Waals surface area contributed by atoms with E-state index < -0.39 is 6.10 Å². The molecule has 1 atom stereocenters. The standard InChI is InChI=1S/C21H23N3O4/c1-4-18(27-17-10-8-16(26-3)9-11-17)21(25)22-13-19-23-20(24-28-19)15-7-5-6-14(2)12-15/h5-12,18H,4,13H2,1-3H3,(H,22,25). The van der Waals surface area contributed by atoms with Crippen molar-refractivity contribution in [3.05, 3.63) is 60.0 Å². The molecule has 1 N–H and O–H groups in total. The van der Waals surface area contributed by atoms with E-state index in [9.17, 15) is 4.79 Å². The van der Waals surface area contributed by atoms with Crippen molar-refractivity contribution in [2.24, 2.45) is 0 Å². The van der Waals surface area contributed by atoms with Crippen LogP contribution in [0.4, 0.5) is 0 Å². The molecule has 28 heavy (non-hydrogen) atoms. The molecule has 0 bridgehead atoms. The molecule has 3 aromatic rings. The van der Waals surface area contributed by atoms with E-state index in [-0.39, 0.29) is 12.5 Å². The summed E-state index contributed by atoms with van der Waals surface area (Å²) in [7, 11) is 1.60. The van der Waals surface area contributed by atoms with Crippen molar-refractivity contribution in [2.45, 2.75) is 32.9 Å². The molecule has 3 rings (SSSR count). The zero-order chi connectivity index (χ0) is 19.9. The second-order valence-electron chi connectivity index (χ2n) is 6.29. The molecule has 146 valence electrons. The van der Waals surface area contributed by atoms with Gasteiger partial charge in [-0.05, 0) is 43.7 Å². The highest BCUT2D eigenvalue weighted by Gasteiger charge is 2.19. The molecular weight excluding hydrogens is 358 g/mol. The quantitative estimate of drug-likeness (QED) is 0.642. The summed E-state index contributed by atoms with van der Waals surface area (Å²) < 4.78 is 16.1. The topological polar surface area (TPSA) is 86.5 Å². The van der Waals surface area contributed by atoms with Gasteiger partial charge in [-0.2, -0.15) is 4.98 Å². The Kier molecular flexibility index (Phi) is 6.26. The largest absolute Gasteiger partial charge is 0.497 e. The summed E-state index contributed by atoms with van der Waals surface area (Å²) in [5.74, 6) is 1.92. The number of nitrogens with zero attached hydrogens (tertiary/aromatic N) is 2. The number of aryl methyl sites for hydroxylation is 1. The van der Waals surface area contributed by atoms with E-state index in [1.807, 2.05) is 38.1 Å². The smallest absolute Gasteiger partial charge is 0.261 e. The highest BCUT2D eigenvalue weighted by atomic mass is 16.5. The van der Waals surface area contributed by atoms with Crippen molar-refractivity contribution >= 4 is 5.91 Å². The van der Waals surface area contributed by atoms with Crippen LogP contribution in [0.15, 0.2) is 53.1 Å². The second kappa shape index (κ2) is 9.03. The highest BCUT2D eigenvalue weighted by molar-refractivity contribution is 5.81. The summed E-state index contributed by atoms with van der Waals surface area (Å²) in [6, 6.07) is 14.9. The van der Waals surface area contributed by atoms with E-state index >= 15 is 0 Å². The van der Waals surface area contributed by atoms with Crippen LogP contribution < -0.4 is 14.8 Å². The zero-order valence-electron chi connectivity index (χ0n) is 16.1. The number of aromatic nitrogens is 2. The van der Waals surface area contributed by atoms with Crippen molar-refractivity contribution in [1.29, 1.82) is 0 Å². The Balaban J connectivity index is 1.57. The Hall–Kier alpha value is -3.35. The van der Waals surface area contributed by atoms with Crippen LogP contribution >= 0.6 is 0 Å². The Morgan fingerprint density at radius 2 is 1.93 bits per heavy atom. The first-order valence-corrected chi connectivity index (χ1v) is 9.07. The van der Waals surface area contributed by atoms with Gasteiger partial charge in [0.25, 0.3) is 5.91 Å². The van der Waals surface area contributed by atoms with Gasteiger partial charge in [0.15, 0.2) is 6.10 Å². The number of hydrogen-bond acceptors (Lipinski definition) is 6. The molecule has 0 fully saturated rings. The Morgan fingerprint density at radius 1 is 1.18 bits per heavy atom. The van der Waals surface area contributed by atoms with Crippen LogP contribution in [0.3, 0.4) is 0 Å². The summed E-state index contributed by atoms with van der Waals surface area (Å²) in [6.07, 6.45) is -0.0940. The van der Waals surface area contributed by atoms with Crippen LogP contribution in [0.5, 0.6) is 11.5 Å². The number of carbonyl (C=O) groups excluding carboxylic acids is 1. The van der Waals surface area contributed by atoms with E-state index in [0.717, 1.165) is 16.9 Å². The third kappa shape index (κ3) is 4.88. The molecule has 1 amide bonds. The van der Waals surface area contributed by atoms with Crippen LogP contribution in [-0.2, 0) is 11.3 Å². The van der Waals surface area contributed by atoms with Crippen LogP contribution in [0, 0.1) is 6.92 Å². The molecule has 0 saturated heterocycles. The van der Waals surface area contributed by atoms with Gasteiger partial charge in [-0.15, -0.1) is 0 Å². The van der Waals surface area contributed by atoms with Gasteiger partial charge in [-0.25, -0.2) is 0 Å². The minimum Gasteiger partial charge on any atom is -0.497 e. The maximum Gasteiger partial charge on any atom is 0.261 e. The molecule has 0 aliphatic heterocycles. The van der Waals surface area contributed by atoms with Crippen LogP contribution in [0.25, 0.3) is 11.4 Å².